The number of nitrogens with zero attached hydrogens (tertiary/aromatic N) is 7. The third kappa shape index (κ3) is 5.72. The van der Waals surface area contributed by atoms with Crippen molar-refractivity contribution in [2.45, 2.75) is 37.6 Å². The van der Waals surface area contributed by atoms with Crippen LogP contribution in [0.2, 0.25) is 5.02 Å². The SMILES string of the molecule is [C-]#[N+]C[C@H]1CN(c2nc(OCCN3C[C@@H]4CC3CO4)nc3c2CCN(c2cccc4ccc(F)c(Cl)c24)C3)CCN1C(=O)C(=C)F. The summed E-state index contributed by atoms with van der Waals surface area (Å²) in [6, 6.07) is 9.02. The van der Waals surface area contributed by atoms with E-state index in [9.17, 15) is 13.6 Å². The summed E-state index contributed by atoms with van der Waals surface area (Å²) in [4.78, 5) is 33.8. The van der Waals surface area contributed by atoms with E-state index in [1.807, 2.05) is 23.1 Å². The zero-order chi connectivity index (χ0) is 31.9. The molecule has 10 nitrogen and oxygen atoms in total. The summed E-state index contributed by atoms with van der Waals surface area (Å²) in [5, 5.41) is 1.58. The van der Waals surface area contributed by atoms with Gasteiger partial charge in [-0.2, -0.15) is 9.97 Å². The van der Waals surface area contributed by atoms with Crippen LogP contribution in [0.4, 0.5) is 20.3 Å². The summed E-state index contributed by atoms with van der Waals surface area (Å²) in [6.07, 6.45) is 1.94. The third-order valence-corrected chi connectivity index (χ3v) is 9.85. The number of amides is 1. The molecule has 0 N–H and O–H groups in total. The number of anilines is 2. The lowest BCUT2D eigenvalue weighted by Crippen LogP contribution is -2.57. The van der Waals surface area contributed by atoms with E-state index >= 15 is 0 Å². The minimum atomic E-state index is -1.04. The standard InChI is InChI=1S/C33H34ClF2N7O3/c1-20(35)32(44)43-11-10-42(16-23(43)15-37-2)31-25-8-9-41(28-5-3-4-21-6-7-26(36)30(34)29(21)28)18-27(25)38-33(39-31)45-13-12-40-17-24-14-22(40)19-46-24/h3-7,22-24H,1,8-19H2/t22?,23-,24-/m0/s1. The molecule has 0 spiro atoms. The van der Waals surface area contributed by atoms with E-state index in [4.69, 9.17) is 37.6 Å². The summed E-state index contributed by atoms with van der Waals surface area (Å²) in [5.41, 5.74) is 2.55. The minimum absolute atomic E-state index is 0.0278. The molecule has 5 heterocycles. The molecule has 3 aromatic rings. The highest BCUT2D eigenvalue weighted by Crippen LogP contribution is 2.38. The van der Waals surface area contributed by atoms with Gasteiger partial charge in [-0.15, -0.1) is 0 Å². The third-order valence-electron chi connectivity index (χ3n) is 9.48. The highest BCUT2D eigenvalue weighted by Gasteiger charge is 2.39. The minimum Gasteiger partial charge on any atom is -0.462 e. The topological polar surface area (TPSA) is 78.6 Å². The first-order valence-electron chi connectivity index (χ1n) is 15.5. The van der Waals surface area contributed by atoms with Crippen LogP contribution in [0, 0.1) is 12.4 Å². The number of ether oxygens (including phenoxy) is 2. The number of halogens is 3. The van der Waals surface area contributed by atoms with Gasteiger partial charge in [0.15, 0.2) is 5.83 Å². The number of fused-ring (bicyclic) bond motifs is 4. The Kier molecular flexibility index (Phi) is 8.40. The number of likely N-dealkylation sites (tertiary alicyclic amines) is 1. The Morgan fingerprint density at radius 3 is 2.80 bits per heavy atom. The highest BCUT2D eigenvalue weighted by molar-refractivity contribution is 6.36. The molecule has 3 fully saturated rings. The van der Waals surface area contributed by atoms with Crippen molar-refractivity contribution in [1.82, 2.24) is 19.8 Å². The molecule has 0 radical (unpaired) electrons. The number of benzene rings is 2. The molecule has 4 aliphatic heterocycles. The maximum atomic E-state index is 14.6. The van der Waals surface area contributed by atoms with Crippen LogP contribution in [0.25, 0.3) is 15.6 Å². The van der Waals surface area contributed by atoms with Crippen molar-refractivity contribution in [2.24, 2.45) is 0 Å². The van der Waals surface area contributed by atoms with Crippen LogP contribution in [0.5, 0.6) is 6.01 Å². The van der Waals surface area contributed by atoms with Gasteiger partial charge in [-0.3, -0.25) is 9.69 Å². The Morgan fingerprint density at radius 2 is 2.04 bits per heavy atom. The molecule has 7 rings (SSSR count). The zero-order valence-corrected chi connectivity index (χ0v) is 26.1. The fourth-order valence-electron chi connectivity index (χ4n) is 7.21. The van der Waals surface area contributed by atoms with Crippen LogP contribution in [0.1, 0.15) is 17.7 Å². The monoisotopic (exact) mass is 649 g/mol. The van der Waals surface area contributed by atoms with Crippen molar-refractivity contribution in [3.05, 3.63) is 76.3 Å². The van der Waals surface area contributed by atoms with Gasteiger partial charge in [0.25, 0.3) is 5.91 Å². The van der Waals surface area contributed by atoms with Crippen molar-refractivity contribution in [3.8, 4) is 6.01 Å². The van der Waals surface area contributed by atoms with E-state index in [-0.39, 0.29) is 24.1 Å². The number of hydrogen-bond acceptors (Lipinski definition) is 8. The molecule has 2 bridgehead atoms. The van der Waals surface area contributed by atoms with Crippen molar-refractivity contribution in [2.75, 3.05) is 68.8 Å². The summed E-state index contributed by atoms with van der Waals surface area (Å²) in [7, 11) is 0. The molecule has 3 saturated heterocycles. The van der Waals surface area contributed by atoms with Gasteiger partial charge in [0, 0.05) is 61.9 Å². The van der Waals surface area contributed by atoms with E-state index in [0.29, 0.717) is 62.6 Å². The number of hydrogen-bond donors (Lipinski definition) is 0. The number of aromatic nitrogens is 2. The summed E-state index contributed by atoms with van der Waals surface area (Å²) >= 11 is 6.49. The second kappa shape index (κ2) is 12.6. The Bertz CT molecular complexity index is 1740. The molecule has 1 amide bonds. The average Bonchev–Trinajstić information content (AvgIpc) is 3.69. The first-order chi connectivity index (χ1) is 22.3. The quantitative estimate of drug-likeness (QED) is 0.265. The maximum Gasteiger partial charge on any atom is 0.318 e. The van der Waals surface area contributed by atoms with Gasteiger partial charge < -0.3 is 29.0 Å². The summed E-state index contributed by atoms with van der Waals surface area (Å²) in [6.45, 7) is 15.4. The molecular weight excluding hydrogens is 616 g/mol. The molecular formula is C33H34ClF2N7O3. The van der Waals surface area contributed by atoms with E-state index in [1.54, 1.807) is 6.07 Å². The largest absolute Gasteiger partial charge is 0.462 e. The van der Waals surface area contributed by atoms with Crippen LogP contribution < -0.4 is 14.5 Å². The molecule has 4 aliphatic rings. The first-order valence-corrected chi connectivity index (χ1v) is 15.9. The molecule has 1 unspecified atom stereocenters. The van der Waals surface area contributed by atoms with Crippen LogP contribution in [0.3, 0.4) is 0 Å². The average molecular weight is 650 g/mol. The van der Waals surface area contributed by atoms with Gasteiger partial charge >= 0.3 is 6.01 Å². The lowest BCUT2D eigenvalue weighted by molar-refractivity contribution is -0.131. The van der Waals surface area contributed by atoms with Crippen molar-refractivity contribution in [3.63, 3.8) is 0 Å². The Labute approximate surface area is 270 Å². The van der Waals surface area contributed by atoms with Gasteiger partial charge in [-0.25, -0.2) is 15.4 Å². The normalized spacial score (nSPS) is 22.7. The number of morpholine rings is 1. The maximum absolute atomic E-state index is 14.6. The van der Waals surface area contributed by atoms with Crippen molar-refractivity contribution >= 4 is 39.8 Å². The molecule has 13 heteroatoms. The van der Waals surface area contributed by atoms with Gasteiger partial charge in [-0.1, -0.05) is 36.4 Å². The molecule has 2 aromatic carbocycles. The van der Waals surface area contributed by atoms with E-state index in [2.05, 4.69) is 21.2 Å². The highest BCUT2D eigenvalue weighted by atomic mass is 35.5. The van der Waals surface area contributed by atoms with Crippen LogP contribution >= 0.6 is 11.6 Å². The van der Waals surface area contributed by atoms with E-state index in [0.717, 1.165) is 48.4 Å². The fourth-order valence-corrected chi connectivity index (χ4v) is 7.48. The van der Waals surface area contributed by atoms with Gasteiger partial charge in [-0.05, 0) is 30.4 Å². The number of rotatable bonds is 8. The van der Waals surface area contributed by atoms with Crippen LogP contribution in [-0.4, -0.2) is 103 Å². The summed E-state index contributed by atoms with van der Waals surface area (Å²) < 4.78 is 40.3. The number of piperazine rings is 1. The molecule has 1 aromatic heterocycles. The Morgan fingerprint density at radius 1 is 1.17 bits per heavy atom. The molecule has 46 heavy (non-hydrogen) atoms. The van der Waals surface area contributed by atoms with Gasteiger partial charge in [0.05, 0.1) is 30.0 Å². The Hall–Kier alpha value is -4.05. The molecule has 3 atom stereocenters. The molecule has 240 valence electrons. The smallest absolute Gasteiger partial charge is 0.318 e. The second-order valence-corrected chi connectivity index (χ2v) is 12.6. The molecule has 0 saturated carbocycles. The van der Waals surface area contributed by atoms with E-state index in [1.165, 1.54) is 11.0 Å². The predicted molar refractivity (Wildman–Crippen MR) is 170 cm³/mol. The lowest BCUT2D eigenvalue weighted by Gasteiger charge is -2.41. The first kappa shape index (κ1) is 30.6. The van der Waals surface area contributed by atoms with E-state index < -0.39 is 23.6 Å². The van der Waals surface area contributed by atoms with Crippen molar-refractivity contribution < 1.29 is 23.0 Å². The van der Waals surface area contributed by atoms with Gasteiger partial charge in [0.1, 0.15) is 24.3 Å². The Balaban J connectivity index is 1.19. The van der Waals surface area contributed by atoms with Crippen molar-refractivity contribution in [1.29, 1.82) is 0 Å². The number of carbonyl (C=O) groups excluding carboxylic acids is 1. The molecule has 0 aliphatic carbocycles. The second-order valence-electron chi connectivity index (χ2n) is 12.2. The zero-order valence-electron chi connectivity index (χ0n) is 25.3. The predicted octanol–water partition coefficient (Wildman–Crippen LogP) is 4.26. The van der Waals surface area contributed by atoms with Crippen LogP contribution in [0.15, 0.2) is 42.7 Å². The van der Waals surface area contributed by atoms with Gasteiger partial charge in [0.2, 0.25) is 6.54 Å². The van der Waals surface area contributed by atoms with Crippen LogP contribution in [-0.2, 0) is 22.5 Å². The fraction of sp³-hybridized carbons (Fsp3) is 0.455. The number of carbonyl (C=O) groups is 1. The lowest BCUT2D eigenvalue weighted by atomic mass is 10.0. The summed E-state index contributed by atoms with van der Waals surface area (Å²) in [5.74, 6) is -1.61.